The molecular weight excluding hydrogens is 288 g/mol. The van der Waals surface area contributed by atoms with E-state index in [1.54, 1.807) is 43.0 Å². The largest absolute Gasteiger partial charge is 0.339 e. The lowest BCUT2D eigenvalue weighted by Gasteiger charge is -2.23. The van der Waals surface area contributed by atoms with Gasteiger partial charge in [0, 0.05) is 25.2 Å². The molecule has 5 nitrogen and oxygen atoms in total. The highest BCUT2D eigenvalue weighted by molar-refractivity contribution is 7.92. The second kappa shape index (κ2) is 7.45. The third-order valence-electron chi connectivity index (χ3n) is 3.44. The molecule has 0 aliphatic heterocycles. The van der Waals surface area contributed by atoms with Crippen LogP contribution in [0.3, 0.4) is 0 Å². The third-order valence-corrected chi connectivity index (χ3v) is 5.31. The van der Waals surface area contributed by atoms with E-state index in [1.807, 2.05) is 13.8 Å². The van der Waals surface area contributed by atoms with Crippen molar-refractivity contribution in [3.8, 4) is 0 Å². The van der Waals surface area contributed by atoms with Crippen LogP contribution in [0, 0.1) is 0 Å². The SMILES string of the molecule is CCN(CC)C(=O)c1ccc(N(CC)S(=O)(=O)CC)cc1. The maximum Gasteiger partial charge on any atom is 0.253 e. The first-order valence-corrected chi connectivity index (χ1v) is 8.91. The molecule has 1 aromatic rings. The summed E-state index contributed by atoms with van der Waals surface area (Å²) in [5.41, 5.74) is 1.17. The van der Waals surface area contributed by atoms with Crippen LogP contribution in [0.4, 0.5) is 5.69 Å². The standard InChI is InChI=1S/C15H24N2O3S/c1-5-16(6-2)15(18)13-9-11-14(12-10-13)17(7-3)21(19,20)8-4/h9-12H,5-8H2,1-4H3. The summed E-state index contributed by atoms with van der Waals surface area (Å²) < 4.78 is 25.4. The van der Waals surface area contributed by atoms with E-state index in [0.29, 0.717) is 30.9 Å². The van der Waals surface area contributed by atoms with E-state index in [2.05, 4.69) is 0 Å². The zero-order valence-corrected chi connectivity index (χ0v) is 14.0. The smallest absolute Gasteiger partial charge is 0.253 e. The molecule has 0 aromatic heterocycles. The molecule has 1 aromatic carbocycles. The minimum absolute atomic E-state index is 0.0343. The Balaban J connectivity index is 3.04. The van der Waals surface area contributed by atoms with Gasteiger partial charge in [0.1, 0.15) is 0 Å². The van der Waals surface area contributed by atoms with Crippen LogP contribution in [-0.4, -0.2) is 44.6 Å². The van der Waals surface area contributed by atoms with Crippen molar-refractivity contribution < 1.29 is 13.2 Å². The van der Waals surface area contributed by atoms with E-state index < -0.39 is 10.0 Å². The van der Waals surface area contributed by atoms with Crippen molar-refractivity contribution in [1.82, 2.24) is 4.90 Å². The summed E-state index contributed by atoms with van der Waals surface area (Å²) in [6, 6.07) is 6.74. The van der Waals surface area contributed by atoms with Gasteiger partial charge in [-0.15, -0.1) is 0 Å². The van der Waals surface area contributed by atoms with Crippen LogP contribution in [0.15, 0.2) is 24.3 Å². The number of amides is 1. The van der Waals surface area contributed by atoms with Gasteiger partial charge in [-0.1, -0.05) is 0 Å². The van der Waals surface area contributed by atoms with Crippen molar-refractivity contribution in [3.05, 3.63) is 29.8 Å². The molecule has 0 fully saturated rings. The molecule has 118 valence electrons. The minimum atomic E-state index is -3.28. The Bertz CT molecular complexity index is 563. The van der Waals surface area contributed by atoms with Crippen LogP contribution in [0.2, 0.25) is 0 Å². The summed E-state index contributed by atoms with van der Waals surface area (Å²) in [6.45, 7) is 8.97. The monoisotopic (exact) mass is 312 g/mol. The fourth-order valence-corrected chi connectivity index (χ4v) is 3.31. The molecule has 0 saturated heterocycles. The Labute approximate surface area is 127 Å². The quantitative estimate of drug-likeness (QED) is 0.776. The van der Waals surface area contributed by atoms with Gasteiger partial charge in [0.2, 0.25) is 10.0 Å². The first-order valence-electron chi connectivity index (χ1n) is 7.30. The number of hydrogen-bond donors (Lipinski definition) is 0. The van der Waals surface area contributed by atoms with Gasteiger partial charge in [-0.25, -0.2) is 8.42 Å². The Kier molecular flexibility index (Phi) is 6.20. The normalized spacial score (nSPS) is 11.2. The number of sulfonamides is 1. The molecule has 0 saturated carbocycles. The Morgan fingerprint density at radius 2 is 1.48 bits per heavy atom. The van der Waals surface area contributed by atoms with Gasteiger partial charge in [-0.3, -0.25) is 9.10 Å². The van der Waals surface area contributed by atoms with Crippen LogP contribution in [0.25, 0.3) is 0 Å². The summed E-state index contributed by atoms with van der Waals surface area (Å²) in [5.74, 6) is 0.0222. The van der Waals surface area contributed by atoms with Crippen LogP contribution >= 0.6 is 0 Å². The number of nitrogens with zero attached hydrogens (tertiary/aromatic N) is 2. The Morgan fingerprint density at radius 1 is 0.952 bits per heavy atom. The van der Waals surface area contributed by atoms with Crippen molar-refractivity contribution in [2.45, 2.75) is 27.7 Å². The van der Waals surface area contributed by atoms with Gasteiger partial charge in [0.15, 0.2) is 0 Å². The maximum atomic E-state index is 12.2. The van der Waals surface area contributed by atoms with E-state index in [4.69, 9.17) is 0 Å². The molecule has 0 heterocycles. The van der Waals surface area contributed by atoms with E-state index >= 15 is 0 Å². The molecule has 0 N–H and O–H groups in total. The number of carbonyl (C=O) groups is 1. The second-order valence-electron chi connectivity index (χ2n) is 4.59. The van der Waals surface area contributed by atoms with Crippen LogP contribution in [0.1, 0.15) is 38.1 Å². The zero-order valence-electron chi connectivity index (χ0n) is 13.2. The summed E-state index contributed by atoms with van der Waals surface area (Å²) in [7, 11) is -3.28. The highest BCUT2D eigenvalue weighted by Crippen LogP contribution is 2.19. The molecule has 1 rings (SSSR count). The fourth-order valence-electron chi connectivity index (χ4n) is 2.16. The Hall–Kier alpha value is -1.56. The predicted octanol–water partition coefficient (Wildman–Crippen LogP) is 2.34. The van der Waals surface area contributed by atoms with E-state index in [1.165, 1.54) is 4.31 Å². The van der Waals surface area contributed by atoms with Gasteiger partial charge >= 0.3 is 0 Å². The number of anilines is 1. The van der Waals surface area contributed by atoms with E-state index in [9.17, 15) is 13.2 Å². The number of carbonyl (C=O) groups excluding carboxylic acids is 1. The summed E-state index contributed by atoms with van der Waals surface area (Å²) in [5, 5.41) is 0. The minimum Gasteiger partial charge on any atom is -0.339 e. The van der Waals surface area contributed by atoms with Crippen LogP contribution < -0.4 is 4.31 Å². The predicted molar refractivity (Wildman–Crippen MR) is 86.2 cm³/mol. The number of hydrogen-bond acceptors (Lipinski definition) is 3. The topological polar surface area (TPSA) is 57.7 Å². The molecule has 0 aliphatic rings. The molecule has 6 heteroatoms. The lowest BCUT2D eigenvalue weighted by molar-refractivity contribution is 0.0773. The van der Waals surface area contributed by atoms with E-state index in [-0.39, 0.29) is 11.7 Å². The number of benzene rings is 1. The molecule has 0 bridgehead atoms. The third kappa shape index (κ3) is 3.97. The lowest BCUT2D eigenvalue weighted by Crippen LogP contribution is -2.32. The highest BCUT2D eigenvalue weighted by Gasteiger charge is 2.19. The van der Waals surface area contributed by atoms with Gasteiger partial charge in [0.05, 0.1) is 11.4 Å². The molecule has 1 amide bonds. The lowest BCUT2D eigenvalue weighted by atomic mass is 10.2. The van der Waals surface area contributed by atoms with Gasteiger partial charge in [-0.2, -0.15) is 0 Å². The molecule has 0 radical (unpaired) electrons. The first kappa shape index (κ1) is 17.5. The molecule has 0 aliphatic carbocycles. The summed E-state index contributed by atoms with van der Waals surface area (Å²) in [6.07, 6.45) is 0. The molecule has 0 atom stereocenters. The van der Waals surface area contributed by atoms with Crippen molar-refractivity contribution in [2.24, 2.45) is 0 Å². The molecule has 0 spiro atoms. The molecule has 21 heavy (non-hydrogen) atoms. The van der Waals surface area contributed by atoms with Crippen molar-refractivity contribution in [3.63, 3.8) is 0 Å². The van der Waals surface area contributed by atoms with Gasteiger partial charge in [0.25, 0.3) is 5.91 Å². The average Bonchev–Trinajstić information content (AvgIpc) is 2.49. The summed E-state index contributed by atoms with van der Waals surface area (Å²) >= 11 is 0. The average molecular weight is 312 g/mol. The van der Waals surface area contributed by atoms with E-state index in [0.717, 1.165) is 0 Å². The van der Waals surface area contributed by atoms with Gasteiger partial charge in [-0.05, 0) is 52.0 Å². The van der Waals surface area contributed by atoms with Crippen molar-refractivity contribution >= 4 is 21.6 Å². The maximum absolute atomic E-state index is 12.2. The fraction of sp³-hybridized carbons (Fsp3) is 0.533. The Morgan fingerprint density at radius 3 is 1.86 bits per heavy atom. The van der Waals surface area contributed by atoms with Crippen molar-refractivity contribution in [1.29, 1.82) is 0 Å². The van der Waals surface area contributed by atoms with Crippen molar-refractivity contribution in [2.75, 3.05) is 29.7 Å². The first-order chi connectivity index (χ1) is 9.91. The molecule has 0 unspecified atom stereocenters. The second-order valence-corrected chi connectivity index (χ2v) is 6.77. The summed E-state index contributed by atoms with van der Waals surface area (Å²) in [4.78, 5) is 13.9. The number of rotatable bonds is 7. The zero-order chi connectivity index (χ0) is 16.0. The van der Waals surface area contributed by atoms with Gasteiger partial charge < -0.3 is 4.90 Å². The molecular formula is C15H24N2O3S. The highest BCUT2D eigenvalue weighted by atomic mass is 32.2. The van der Waals surface area contributed by atoms with Crippen LogP contribution in [0.5, 0.6) is 0 Å². The van der Waals surface area contributed by atoms with Crippen LogP contribution in [-0.2, 0) is 10.0 Å².